The maximum absolute atomic E-state index is 11.2. The first-order valence-corrected chi connectivity index (χ1v) is 5.25. The Hall–Kier alpha value is -1.35. The highest BCUT2D eigenvalue weighted by Gasteiger charge is 2.35. The second-order valence-corrected chi connectivity index (χ2v) is 4.43. The zero-order chi connectivity index (χ0) is 10.5. The van der Waals surface area contributed by atoms with Crippen LogP contribution in [-0.2, 0) is 21.6 Å². The van der Waals surface area contributed by atoms with E-state index in [-0.39, 0.29) is 11.5 Å². The summed E-state index contributed by atoms with van der Waals surface area (Å²) in [5.74, 6) is 0.0850. The quantitative estimate of drug-likeness (QED) is 0.756. The lowest BCUT2D eigenvalue weighted by molar-refractivity contribution is -0.140. The van der Waals surface area contributed by atoms with Gasteiger partial charge < -0.3 is 10.1 Å². The van der Waals surface area contributed by atoms with Gasteiger partial charge in [0.05, 0.1) is 18.6 Å². The third-order valence-corrected chi connectivity index (χ3v) is 3.34. The van der Waals surface area contributed by atoms with E-state index in [2.05, 4.69) is 18.3 Å². The molecule has 1 unspecified atom stereocenters. The molecule has 3 heteroatoms. The van der Waals surface area contributed by atoms with Crippen LogP contribution in [0.25, 0.3) is 0 Å². The molecular weight excluding hydrogens is 190 g/mol. The minimum absolute atomic E-state index is 0.0850. The van der Waals surface area contributed by atoms with Gasteiger partial charge in [0.25, 0.3) is 0 Å². The second-order valence-electron chi connectivity index (χ2n) is 4.43. The smallest absolute Gasteiger partial charge is 0.228 e. The van der Waals surface area contributed by atoms with Gasteiger partial charge in [-0.2, -0.15) is 0 Å². The van der Waals surface area contributed by atoms with E-state index in [0.29, 0.717) is 6.42 Å². The molecule has 15 heavy (non-hydrogen) atoms. The molecule has 3 rings (SSSR count). The predicted molar refractivity (Wildman–Crippen MR) is 56.7 cm³/mol. The van der Waals surface area contributed by atoms with Crippen LogP contribution in [0.5, 0.6) is 0 Å². The molecule has 3 nitrogen and oxygen atoms in total. The molecule has 0 aliphatic carbocycles. The number of carbonyl (C=O) groups is 1. The summed E-state index contributed by atoms with van der Waals surface area (Å²) in [4.78, 5) is 11.2. The van der Waals surface area contributed by atoms with Crippen LogP contribution >= 0.6 is 0 Å². The molecular formula is C12H13NO2. The Morgan fingerprint density at radius 2 is 2.27 bits per heavy atom. The minimum Gasteiger partial charge on any atom is -0.370 e. The highest BCUT2D eigenvalue weighted by molar-refractivity contribution is 5.99. The van der Waals surface area contributed by atoms with Gasteiger partial charge in [-0.3, -0.25) is 4.79 Å². The molecule has 78 valence electrons. The molecule has 0 bridgehead atoms. The monoisotopic (exact) mass is 203 g/mol. The van der Waals surface area contributed by atoms with E-state index in [1.807, 2.05) is 12.1 Å². The fraction of sp³-hybridized carbons (Fsp3) is 0.417. The number of rotatable bonds is 1. The van der Waals surface area contributed by atoms with E-state index in [9.17, 15) is 4.79 Å². The van der Waals surface area contributed by atoms with Crippen molar-refractivity contribution in [2.45, 2.75) is 25.4 Å². The Kier molecular flexibility index (Phi) is 1.68. The lowest BCUT2D eigenvalue weighted by Gasteiger charge is -2.39. The van der Waals surface area contributed by atoms with E-state index >= 15 is 0 Å². The molecule has 1 aromatic rings. The maximum atomic E-state index is 11.2. The van der Waals surface area contributed by atoms with Gasteiger partial charge in [0.2, 0.25) is 5.91 Å². The highest BCUT2D eigenvalue weighted by Crippen LogP contribution is 2.38. The number of fused-ring (bicyclic) bond motifs is 1. The fourth-order valence-electron chi connectivity index (χ4n) is 2.19. The first-order chi connectivity index (χ1) is 7.17. The zero-order valence-electron chi connectivity index (χ0n) is 8.67. The summed E-state index contributed by atoms with van der Waals surface area (Å²) in [6.07, 6.45) is 1.56. The Morgan fingerprint density at radius 3 is 2.93 bits per heavy atom. The Balaban J connectivity index is 1.99. The zero-order valence-corrected chi connectivity index (χ0v) is 8.67. The number of benzene rings is 1. The summed E-state index contributed by atoms with van der Waals surface area (Å²) >= 11 is 0. The summed E-state index contributed by atoms with van der Waals surface area (Å²) in [5, 5.41) is 2.83. The third kappa shape index (κ3) is 1.27. The Morgan fingerprint density at radius 1 is 1.47 bits per heavy atom. The van der Waals surface area contributed by atoms with Gasteiger partial charge >= 0.3 is 0 Å². The third-order valence-electron chi connectivity index (χ3n) is 3.34. The Labute approximate surface area is 88.4 Å². The van der Waals surface area contributed by atoms with Gasteiger partial charge in [0.1, 0.15) is 0 Å². The van der Waals surface area contributed by atoms with Crippen molar-refractivity contribution < 1.29 is 9.53 Å². The first kappa shape index (κ1) is 8.92. The first-order valence-electron chi connectivity index (χ1n) is 5.25. The number of nitrogens with one attached hydrogen (secondary N) is 1. The highest BCUT2D eigenvalue weighted by atomic mass is 16.5. The van der Waals surface area contributed by atoms with Crippen molar-refractivity contribution in [1.29, 1.82) is 0 Å². The van der Waals surface area contributed by atoms with Gasteiger partial charge in [-0.1, -0.05) is 12.1 Å². The molecule has 2 aliphatic heterocycles. The number of hydrogen-bond acceptors (Lipinski definition) is 2. The van der Waals surface area contributed by atoms with Gasteiger partial charge in [0, 0.05) is 12.1 Å². The van der Waals surface area contributed by atoms with Crippen molar-refractivity contribution in [2.24, 2.45) is 0 Å². The van der Waals surface area contributed by atoms with Gasteiger partial charge in [-0.15, -0.1) is 0 Å². The van der Waals surface area contributed by atoms with Crippen molar-refractivity contribution in [3.8, 4) is 0 Å². The fourth-order valence-corrected chi connectivity index (χ4v) is 2.19. The predicted octanol–water partition coefficient (Wildman–Crippen LogP) is 1.82. The molecule has 0 saturated carbocycles. The summed E-state index contributed by atoms with van der Waals surface area (Å²) in [7, 11) is 0. The van der Waals surface area contributed by atoms with Crippen molar-refractivity contribution in [3.63, 3.8) is 0 Å². The number of carbonyl (C=O) groups excluding carboxylic acids is 1. The average Bonchev–Trinajstić information content (AvgIpc) is 2.53. The average molecular weight is 203 g/mol. The largest absolute Gasteiger partial charge is 0.370 e. The lowest BCUT2D eigenvalue weighted by atomic mass is 9.87. The number of hydrogen-bond donors (Lipinski definition) is 1. The van der Waals surface area contributed by atoms with E-state index in [0.717, 1.165) is 24.3 Å². The summed E-state index contributed by atoms with van der Waals surface area (Å²) in [5.41, 5.74) is 3.10. The van der Waals surface area contributed by atoms with Gasteiger partial charge in [0.15, 0.2) is 0 Å². The van der Waals surface area contributed by atoms with Crippen LogP contribution in [0.4, 0.5) is 5.69 Å². The van der Waals surface area contributed by atoms with Crippen LogP contribution in [0.2, 0.25) is 0 Å². The topological polar surface area (TPSA) is 38.3 Å². The van der Waals surface area contributed by atoms with Crippen LogP contribution in [0.15, 0.2) is 18.2 Å². The molecule has 2 heterocycles. The van der Waals surface area contributed by atoms with Crippen LogP contribution in [0.1, 0.15) is 24.5 Å². The lowest BCUT2D eigenvalue weighted by Crippen LogP contribution is -2.37. The van der Waals surface area contributed by atoms with Crippen LogP contribution in [0, 0.1) is 0 Å². The van der Waals surface area contributed by atoms with Crippen molar-refractivity contribution in [1.82, 2.24) is 0 Å². The minimum atomic E-state index is -0.124. The van der Waals surface area contributed by atoms with E-state index in [1.54, 1.807) is 0 Å². The molecule has 1 fully saturated rings. The normalized spacial score (nSPS) is 28.2. The molecule has 1 saturated heterocycles. The van der Waals surface area contributed by atoms with Crippen molar-refractivity contribution >= 4 is 11.6 Å². The van der Waals surface area contributed by atoms with Crippen LogP contribution in [0.3, 0.4) is 0 Å². The second kappa shape index (κ2) is 2.83. The van der Waals surface area contributed by atoms with Crippen molar-refractivity contribution in [3.05, 3.63) is 29.3 Å². The number of ether oxygens (including phenoxy) is 1. The molecule has 1 N–H and O–H groups in total. The Bertz CT molecular complexity index is 435. The number of amides is 1. The van der Waals surface area contributed by atoms with Crippen molar-refractivity contribution in [2.75, 3.05) is 11.9 Å². The van der Waals surface area contributed by atoms with Gasteiger partial charge in [-0.05, 0) is 24.1 Å². The van der Waals surface area contributed by atoms with E-state index in [1.165, 1.54) is 5.56 Å². The molecule has 0 spiro atoms. The van der Waals surface area contributed by atoms with E-state index in [4.69, 9.17) is 4.74 Å². The SMILES string of the molecule is CC1(c2ccc3c(c2)CC(=O)N3)CCO1. The summed E-state index contributed by atoms with van der Waals surface area (Å²) in [6.45, 7) is 2.94. The van der Waals surface area contributed by atoms with Crippen LogP contribution < -0.4 is 5.32 Å². The molecule has 0 aromatic heterocycles. The summed E-state index contributed by atoms with van der Waals surface area (Å²) in [6, 6.07) is 6.11. The van der Waals surface area contributed by atoms with E-state index < -0.39 is 0 Å². The maximum Gasteiger partial charge on any atom is 0.228 e. The standard InChI is InChI=1S/C12H13NO2/c1-12(4-5-15-12)9-2-3-10-8(6-9)7-11(14)13-10/h2-3,6H,4-5,7H2,1H3,(H,13,14). The summed E-state index contributed by atoms with van der Waals surface area (Å²) < 4.78 is 5.59. The molecule has 1 aromatic carbocycles. The molecule has 1 atom stereocenters. The molecule has 1 amide bonds. The van der Waals surface area contributed by atoms with Crippen LogP contribution in [-0.4, -0.2) is 12.5 Å². The molecule has 2 aliphatic rings. The number of anilines is 1. The molecule has 0 radical (unpaired) electrons. The van der Waals surface area contributed by atoms with Gasteiger partial charge in [-0.25, -0.2) is 0 Å².